The summed E-state index contributed by atoms with van der Waals surface area (Å²) in [6, 6.07) is 2.03. The molecule has 21 heavy (non-hydrogen) atoms. The van der Waals surface area contributed by atoms with Gasteiger partial charge >= 0.3 is 5.97 Å². The Balaban J connectivity index is 1.81. The highest BCUT2D eigenvalue weighted by Crippen LogP contribution is 2.24. The molecule has 0 bridgehead atoms. The van der Waals surface area contributed by atoms with E-state index >= 15 is 0 Å². The molecule has 0 radical (unpaired) electrons. The molecule has 1 aromatic heterocycles. The van der Waals surface area contributed by atoms with Crippen molar-refractivity contribution in [2.24, 2.45) is 5.92 Å². The zero-order valence-electron chi connectivity index (χ0n) is 12.9. The first kappa shape index (κ1) is 16.0. The zero-order valence-corrected chi connectivity index (χ0v) is 13.7. The Bertz CT molecular complexity index is 524. The van der Waals surface area contributed by atoms with Crippen LogP contribution in [0.1, 0.15) is 52.7 Å². The van der Waals surface area contributed by atoms with Crippen LogP contribution in [0.5, 0.6) is 0 Å². The molecular weight excluding hydrogens is 286 g/mol. The smallest absolute Gasteiger partial charge is 0.339 e. The topological polar surface area (TPSA) is 55.4 Å². The highest BCUT2D eigenvalue weighted by Gasteiger charge is 2.23. The Morgan fingerprint density at radius 3 is 2.67 bits per heavy atom. The van der Waals surface area contributed by atoms with Gasteiger partial charge in [0.25, 0.3) is 5.91 Å². The number of esters is 1. The normalized spacial score (nSPS) is 21.9. The molecule has 0 aliphatic heterocycles. The van der Waals surface area contributed by atoms with Gasteiger partial charge in [0.1, 0.15) is 0 Å². The number of hydrogen-bond donors (Lipinski definition) is 1. The maximum absolute atomic E-state index is 11.9. The monoisotopic (exact) mass is 309 g/mol. The van der Waals surface area contributed by atoms with Crippen LogP contribution in [0.3, 0.4) is 0 Å². The van der Waals surface area contributed by atoms with E-state index in [-0.39, 0.29) is 18.6 Å². The molecule has 0 spiro atoms. The summed E-state index contributed by atoms with van der Waals surface area (Å²) in [5.41, 5.74) is 0.566. The molecule has 1 aliphatic rings. The van der Waals surface area contributed by atoms with Gasteiger partial charge in [0, 0.05) is 15.8 Å². The second kappa shape index (κ2) is 7.07. The van der Waals surface area contributed by atoms with Crippen molar-refractivity contribution < 1.29 is 14.3 Å². The van der Waals surface area contributed by atoms with Crippen molar-refractivity contribution in [3.63, 3.8) is 0 Å². The van der Waals surface area contributed by atoms with Crippen LogP contribution < -0.4 is 5.32 Å². The number of carbonyl (C=O) groups excluding carboxylic acids is 2. The molecule has 1 aromatic rings. The second-order valence-electron chi connectivity index (χ2n) is 5.84. The van der Waals surface area contributed by atoms with Gasteiger partial charge < -0.3 is 10.1 Å². The third kappa shape index (κ3) is 4.30. The minimum atomic E-state index is -0.413. The average molecular weight is 309 g/mol. The van der Waals surface area contributed by atoms with Crippen molar-refractivity contribution in [3.05, 3.63) is 21.4 Å². The van der Waals surface area contributed by atoms with Gasteiger partial charge in [-0.15, -0.1) is 11.3 Å². The number of hydrogen-bond acceptors (Lipinski definition) is 4. The maximum Gasteiger partial charge on any atom is 0.339 e. The Hall–Kier alpha value is -1.36. The Morgan fingerprint density at radius 2 is 2.05 bits per heavy atom. The van der Waals surface area contributed by atoms with Crippen molar-refractivity contribution in [1.29, 1.82) is 0 Å². The quantitative estimate of drug-likeness (QED) is 0.869. The fourth-order valence-corrected chi connectivity index (χ4v) is 3.73. The maximum atomic E-state index is 11.9. The number of nitrogens with one attached hydrogen (secondary N) is 1. The summed E-state index contributed by atoms with van der Waals surface area (Å²) in [6.07, 6.45) is 4.56. The van der Waals surface area contributed by atoms with E-state index in [9.17, 15) is 9.59 Å². The Labute approximate surface area is 129 Å². The summed E-state index contributed by atoms with van der Waals surface area (Å²) in [4.78, 5) is 25.8. The molecule has 1 heterocycles. The first-order chi connectivity index (χ1) is 9.97. The van der Waals surface area contributed by atoms with Crippen molar-refractivity contribution in [3.8, 4) is 0 Å². The first-order valence-electron chi connectivity index (χ1n) is 7.51. The molecule has 1 fully saturated rings. The predicted octanol–water partition coefficient (Wildman–Crippen LogP) is 3.22. The molecule has 0 aromatic carbocycles. The summed E-state index contributed by atoms with van der Waals surface area (Å²) in [7, 11) is 0. The van der Waals surface area contributed by atoms with Crippen LogP contribution >= 0.6 is 11.3 Å². The molecule has 4 nitrogen and oxygen atoms in total. The van der Waals surface area contributed by atoms with Crippen LogP contribution in [0, 0.1) is 19.8 Å². The lowest BCUT2D eigenvalue weighted by molar-refractivity contribution is -0.125. The lowest BCUT2D eigenvalue weighted by Crippen LogP contribution is -2.42. The largest absolute Gasteiger partial charge is 0.452 e. The van der Waals surface area contributed by atoms with Gasteiger partial charge in [-0.25, -0.2) is 4.79 Å². The lowest BCUT2D eigenvalue weighted by Gasteiger charge is -2.29. The third-order valence-electron chi connectivity index (χ3n) is 4.05. The van der Waals surface area contributed by atoms with Gasteiger partial charge in [0.15, 0.2) is 6.61 Å². The van der Waals surface area contributed by atoms with Crippen LogP contribution in [0.4, 0.5) is 0 Å². The van der Waals surface area contributed by atoms with E-state index in [1.807, 2.05) is 19.9 Å². The standard InChI is InChI=1S/C16H23NO3S/c1-10-6-4-5-7-14(10)17-15(18)9-20-16(19)13-8-11(2)21-12(13)3/h8,10,14H,4-7,9H2,1-3H3,(H,17,18). The highest BCUT2D eigenvalue weighted by atomic mass is 32.1. The summed E-state index contributed by atoms with van der Waals surface area (Å²) in [5, 5.41) is 2.98. The predicted molar refractivity (Wildman–Crippen MR) is 83.6 cm³/mol. The third-order valence-corrected chi connectivity index (χ3v) is 5.02. The molecule has 2 unspecified atom stereocenters. The van der Waals surface area contributed by atoms with Gasteiger partial charge in [0.2, 0.25) is 0 Å². The van der Waals surface area contributed by atoms with Crippen LogP contribution in [-0.4, -0.2) is 24.5 Å². The summed E-state index contributed by atoms with van der Waals surface area (Å²) in [6.45, 7) is 5.80. The number of aryl methyl sites for hydroxylation is 2. The minimum Gasteiger partial charge on any atom is -0.452 e. The van der Waals surface area contributed by atoms with Crippen molar-refractivity contribution in [1.82, 2.24) is 5.32 Å². The number of amides is 1. The zero-order chi connectivity index (χ0) is 15.4. The molecule has 1 amide bonds. The molecular formula is C16H23NO3S. The number of ether oxygens (including phenoxy) is 1. The summed E-state index contributed by atoms with van der Waals surface area (Å²) in [5.74, 6) is -0.115. The van der Waals surface area contributed by atoms with Crippen LogP contribution in [-0.2, 0) is 9.53 Å². The molecule has 116 valence electrons. The van der Waals surface area contributed by atoms with E-state index in [2.05, 4.69) is 12.2 Å². The van der Waals surface area contributed by atoms with Crippen molar-refractivity contribution in [2.45, 2.75) is 52.5 Å². The molecule has 5 heteroatoms. The fourth-order valence-electron chi connectivity index (χ4n) is 2.82. The fraction of sp³-hybridized carbons (Fsp3) is 0.625. The first-order valence-corrected chi connectivity index (χ1v) is 8.32. The van der Waals surface area contributed by atoms with E-state index in [1.54, 1.807) is 11.3 Å². The van der Waals surface area contributed by atoms with Crippen molar-refractivity contribution in [2.75, 3.05) is 6.61 Å². The second-order valence-corrected chi connectivity index (χ2v) is 7.30. The van der Waals surface area contributed by atoms with Gasteiger partial charge in [-0.3, -0.25) is 4.79 Å². The van der Waals surface area contributed by atoms with E-state index in [0.717, 1.165) is 29.0 Å². The molecule has 1 aliphatic carbocycles. The highest BCUT2D eigenvalue weighted by molar-refractivity contribution is 7.12. The van der Waals surface area contributed by atoms with E-state index in [0.29, 0.717) is 11.5 Å². The van der Waals surface area contributed by atoms with E-state index < -0.39 is 5.97 Å². The van der Waals surface area contributed by atoms with Crippen LogP contribution in [0.2, 0.25) is 0 Å². The Morgan fingerprint density at radius 1 is 1.33 bits per heavy atom. The van der Waals surface area contributed by atoms with Gasteiger partial charge in [-0.1, -0.05) is 19.8 Å². The summed E-state index contributed by atoms with van der Waals surface area (Å²) < 4.78 is 5.12. The van der Waals surface area contributed by atoms with Gasteiger partial charge in [-0.2, -0.15) is 0 Å². The summed E-state index contributed by atoms with van der Waals surface area (Å²) >= 11 is 1.56. The minimum absolute atomic E-state index is 0.198. The van der Waals surface area contributed by atoms with Crippen LogP contribution in [0.15, 0.2) is 6.07 Å². The SMILES string of the molecule is Cc1cc(C(=O)OCC(=O)NC2CCCCC2C)c(C)s1. The van der Waals surface area contributed by atoms with Gasteiger partial charge in [-0.05, 0) is 38.7 Å². The Kier molecular flexibility index (Phi) is 5.39. The lowest BCUT2D eigenvalue weighted by atomic mass is 9.86. The van der Waals surface area contributed by atoms with Gasteiger partial charge in [0.05, 0.1) is 5.56 Å². The molecule has 2 atom stereocenters. The molecule has 2 rings (SSSR count). The number of thiophene rings is 1. The average Bonchev–Trinajstić information content (AvgIpc) is 2.78. The van der Waals surface area contributed by atoms with Crippen LogP contribution in [0.25, 0.3) is 0 Å². The van der Waals surface area contributed by atoms with E-state index in [4.69, 9.17) is 4.74 Å². The van der Waals surface area contributed by atoms with E-state index in [1.165, 1.54) is 6.42 Å². The molecule has 0 saturated heterocycles. The van der Waals surface area contributed by atoms with Crippen molar-refractivity contribution >= 4 is 23.2 Å². The molecule has 1 saturated carbocycles. The molecule has 1 N–H and O–H groups in total. The number of carbonyl (C=O) groups is 2. The number of rotatable bonds is 4.